The van der Waals surface area contributed by atoms with Crippen molar-refractivity contribution in [2.75, 3.05) is 25.1 Å². The molecule has 0 saturated carbocycles. The predicted octanol–water partition coefficient (Wildman–Crippen LogP) is 1.68. The molecule has 0 fully saturated rings. The van der Waals surface area contributed by atoms with E-state index in [-0.39, 0.29) is 25.5 Å². The number of rotatable bonds is 7. The summed E-state index contributed by atoms with van der Waals surface area (Å²) in [6, 6.07) is 5.23. The second kappa shape index (κ2) is 8.59. The summed E-state index contributed by atoms with van der Waals surface area (Å²) in [5.41, 5.74) is 1.28. The zero-order chi connectivity index (χ0) is 18.4. The first kappa shape index (κ1) is 18.9. The fourth-order valence-electron chi connectivity index (χ4n) is 2.19. The smallest absolute Gasteiger partial charge is 0.330 e. The van der Waals surface area contributed by atoms with Crippen LogP contribution in [-0.4, -0.2) is 47.5 Å². The summed E-state index contributed by atoms with van der Waals surface area (Å²) in [6.45, 7) is 1.63. The number of esters is 1. The van der Waals surface area contributed by atoms with Gasteiger partial charge in [-0.2, -0.15) is 0 Å². The van der Waals surface area contributed by atoms with E-state index < -0.39 is 17.8 Å². The molecule has 0 saturated heterocycles. The van der Waals surface area contributed by atoms with Gasteiger partial charge >= 0.3 is 5.97 Å². The fourth-order valence-corrected chi connectivity index (χ4v) is 2.57. The molecule has 0 spiro atoms. The van der Waals surface area contributed by atoms with E-state index in [1.165, 1.54) is 12.2 Å². The van der Waals surface area contributed by atoms with E-state index in [2.05, 4.69) is 21.2 Å². The number of imide groups is 1. The third kappa shape index (κ3) is 4.77. The van der Waals surface area contributed by atoms with Crippen LogP contribution in [0.15, 0.2) is 40.5 Å². The first-order valence-electron chi connectivity index (χ1n) is 7.56. The largest absolute Gasteiger partial charge is 0.463 e. The Kier molecular flexibility index (Phi) is 6.49. The van der Waals surface area contributed by atoms with Gasteiger partial charge in [0.05, 0.1) is 19.8 Å². The number of anilines is 1. The summed E-state index contributed by atoms with van der Waals surface area (Å²) in [6.07, 6.45) is 4.02. The summed E-state index contributed by atoms with van der Waals surface area (Å²) in [4.78, 5) is 36.4. The van der Waals surface area contributed by atoms with Gasteiger partial charge in [-0.3, -0.25) is 14.5 Å². The van der Waals surface area contributed by atoms with Gasteiger partial charge in [0, 0.05) is 22.3 Å². The lowest BCUT2D eigenvalue weighted by Crippen LogP contribution is -2.34. The van der Waals surface area contributed by atoms with Crippen molar-refractivity contribution >= 4 is 45.5 Å². The topological polar surface area (TPSA) is 95.9 Å². The molecule has 0 atom stereocenters. The molecule has 0 radical (unpaired) electrons. The molecule has 7 nitrogen and oxygen atoms in total. The highest BCUT2D eigenvalue weighted by atomic mass is 79.9. The number of benzene rings is 1. The average molecular weight is 409 g/mol. The van der Waals surface area contributed by atoms with E-state index in [0.717, 1.165) is 9.37 Å². The number of hydrogen-bond donors (Lipinski definition) is 2. The Labute approximate surface area is 153 Å². The molecule has 2 N–H and O–H groups in total. The third-order valence-corrected chi connectivity index (χ3v) is 3.79. The van der Waals surface area contributed by atoms with Gasteiger partial charge in [0.15, 0.2) is 0 Å². The van der Waals surface area contributed by atoms with Crippen LogP contribution in [0.5, 0.6) is 0 Å². The molecule has 0 bridgehead atoms. The van der Waals surface area contributed by atoms with Crippen LogP contribution in [0, 0.1) is 0 Å². The first-order chi connectivity index (χ1) is 12.0. The molecule has 25 heavy (non-hydrogen) atoms. The lowest BCUT2D eigenvalue weighted by atomic mass is 10.1. The van der Waals surface area contributed by atoms with Gasteiger partial charge in [-0.05, 0) is 36.8 Å². The first-order valence-corrected chi connectivity index (χ1v) is 8.35. The average Bonchev–Trinajstić information content (AvgIpc) is 2.83. The SMILES string of the molecule is CCOC(=O)C=Cc1cc(Br)ccc1NC1=CC(=O)N(CCO)C1=O. The molecular weight excluding hydrogens is 392 g/mol. The molecule has 0 aromatic heterocycles. The Morgan fingerprint density at radius 1 is 1.40 bits per heavy atom. The normalized spacial score (nSPS) is 14.2. The van der Waals surface area contributed by atoms with Crippen LogP contribution in [0.4, 0.5) is 5.69 Å². The zero-order valence-electron chi connectivity index (χ0n) is 13.5. The quantitative estimate of drug-likeness (QED) is 0.404. The minimum atomic E-state index is -0.512. The Bertz CT molecular complexity index is 757. The van der Waals surface area contributed by atoms with Crippen LogP contribution in [0.1, 0.15) is 12.5 Å². The standard InChI is InChI=1S/C17H17BrN2O5/c1-2-25-16(23)6-3-11-9-12(18)4-5-13(11)19-14-10-15(22)20(7-8-21)17(14)24/h3-6,9-10,19,21H,2,7-8H2,1H3. The Morgan fingerprint density at radius 2 is 2.16 bits per heavy atom. The Hall–Kier alpha value is -2.45. The van der Waals surface area contributed by atoms with Crippen LogP contribution in [0.3, 0.4) is 0 Å². The molecule has 1 aromatic rings. The van der Waals surface area contributed by atoms with Crippen molar-refractivity contribution in [3.63, 3.8) is 0 Å². The van der Waals surface area contributed by atoms with Crippen LogP contribution < -0.4 is 5.32 Å². The molecule has 2 amide bonds. The van der Waals surface area contributed by atoms with Gasteiger partial charge < -0.3 is 15.2 Å². The number of nitrogens with zero attached hydrogens (tertiary/aromatic N) is 1. The van der Waals surface area contributed by atoms with Gasteiger partial charge in [0.25, 0.3) is 11.8 Å². The maximum absolute atomic E-state index is 12.2. The second-order valence-corrected chi connectivity index (χ2v) is 5.93. The van der Waals surface area contributed by atoms with Gasteiger partial charge in [-0.1, -0.05) is 15.9 Å². The summed E-state index contributed by atoms with van der Waals surface area (Å²) in [7, 11) is 0. The molecule has 8 heteroatoms. The number of carbonyl (C=O) groups is 3. The number of aliphatic hydroxyl groups excluding tert-OH is 1. The second-order valence-electron chi connectivity index (χ2n) is 5.02. The van der Waals surface area contributed by atoms with E-state index in [1.807, 2.05) is 0 Å². The summed E-state index contributed by atoms with van der Waals surface area (Å²) < 4.78 is 5.62. The third-order valence-electron chi connectivity index (χ3n) is 3.30. The number of carbonyl (C=O) groups excluding carboxylic acids is 3. The summed E-state index contributed by atoms with van der Waals surface area (Å²) in [5.74, 6) is -1.47. The molecule has 132 valence electrons. The van der Waals surface area contributed by atoms with Crippen LogP contribution in [0.25, 0.3) is 6.08 Å². The lowest BCUT2D eigenvalue weighted by molar-refractivity contribution is -0.138. The molecule has 2 rings (SSSR count). The van der Waals surface area contributed by atoms with E-state index in [9.17, 15) is 14.4 Å². The Balaban J connectivity index is 2.23. The van der Waals surface area contributed by atoms with Crippen LogP contribution >= 0.6 is 15.9 Å². The summed E-state index contributed by atoms with van der Waals surface area (Å²) >= 11 is 3.35. The van der Waals surface area contributed by atoms with Crippen LogP contribution in [0.2, 0.25) is 0 Å². The van der Waals surface area contributed by atoms with Crippen molar-refractivity contribution in [3.8, 4) is 0 Å². The fraction of sp³-hybridized carbons (Fsp3) is 0.235. The highest BCUT2D eigenvalue weighted by molar-refractivity contribution is 9.10. The monoisotopic (exact) mass is 408 g/mol. The van der Waals surface area contributed by atoms with Crippen molar-refractivity contribution in [3.05, 3.63) is 46.1 Å². The zero-order valence-corrected chi connectivity index (χ0v) is 15.1. The molecule has 1 aromatic carbocycles. The molecule has 0 unspecified atom stereocenters. The van der Waals surface area contributed by atoms with Crippen LogP contribution in [-0.2, 0) is 19.1 Å². The minimum Gasteiger partial charge on any atom is -0.463 e. The molecule has 1 heterocycles. The number of hydrogen-bond acceptors (Lipinski definition) is 6. The van der Waals surface area contributed by atoms with E-state index in [4.69, 9.17) is 9.84 Å². The van der Waals surface area contributed by atoms with Crippen molar-refractivity contribution < 1.29 is 24.2 Å². The number of amides is 2. The summed E-state index contributed by atoms with van der Waals surface area (Å²) in [5, 5.41) is 11.8. The Morgan fingerprint density at radius 3 is 2.84 bits per heavy atom. The van der Waals surface area contributed by atoms with E-state index in [0.29, 0.717) is 11.3 Å². The van der Waals surface area contributed by atoms with Gasteiger partial charge in [-0.25, -0.2) is 4.79 Å². The number of ether oxygens (including phenoxy) is 1. The number of β-amino-alcohol motifs (C(OH)–C–C–N with tert-alkyl or cyclic N) is 1. The number of halogens is 1. The molecule has 1 aliphatic heterocycles. The number of nitrogens with one attached hydrogen (secondary N) is 1. The van der Waals surface area contributed by atoms with E-state index in [1.54, 1.807) is 31.2 Å². The highest BCUT2D eigenvalue weighted by Crippen LogP contribution is 2.25. The minimum absolute atomic E-state index is 0.0602. The van der Waals surface area contributed by atoms with Crippen molar-refractivity contribution in [1.29, 1.82) is 0 Å². The lowest BCUT2D eigenvalue weighted by Gasteiger charge is -2.14. The molecule has 0 aliphatic carbocycles. The van der Waals surface area contributed by atoms with Crippen molar-refractivity contribution in [2.24, 2.45) is 0 Å². The van der Waals surface area contributed by atoms with Gasteiger partial charge in [-0.15, -0.1) is 0 Å². The van der Waals surface area contributed by atoms with Crippen molar-refractivity contribution in [1.82, 2.24) is 4.90 Å². The molecular formula is C17H17BrN2O5. The van der Waals surface area contributed by atoms with Gasteiger partial charge in [0.1, 0.15) is 5.70 Å². The maximum Gasteiger partial charge on any atom is 0.330 e. The van der Waals surface area contributed by atoms with Crippen molar-refractivity contribution in [2.45, 2.75) is 6.92 Å². The highest BCUT2D eigenvalue weighted by Gasteiger charge is 2.30. The van der Waals surface area contributed by atoms with E-state index >= 15 is 0 Å². The maximum atomic E-state index is 12.2. The molecule has 1 aliphatic rings. The predicted molar refractivity (Wildman–Crippen MR) is 95.3 cm³/mol. The number of aliphatic hydroxyl groups is 1. The van der Waals surface area contributed by atoms with Gasteiger partial charge in [0.2, 0.25) is 0 Å².